The summed E-state index contributed by atoms with van der Waals surface area (Å²) in [6, 6.07) is 14.4. The van der Waals surface area contributed by atoms with Crippen molar-refractivity contribution in [3.63, 3.8) is 0 Å². The lowest BCUT2D eigenvalue weighted by Crippen LogP contribution is -2.19. The van der Waals surface area contributed by atoms with E-state index in [9.17, 15) is 9.90 Å². The molecule has 0 aliphatic carbocycles. The van der Waals surface area contributed by atoms with E-state index in [1.165, 1.54) is 7.05 Å². The van der Waals surface area contributed by atoms with Gasteiger partial charge in [-0.3, -0.25) is 0 Å². The number of nitrogens with one attached hydrogen (secondary N) is 1. The lowest BCUT2D eigenvalue weighted by molar-refractivity contribution is 0.140. The molecule has 4 nitrogen and oxygen atoms in total. The predicted octanol–water partition coefficient (Wildman–Crippen LogP) is 3.28. The maximum absolute atomic E-state index is 11.2. The molecule has 0 spiro atoms. The first-order valence-corrected chi connectivity index (χ1v) is 6.85. The average molecular weight is 306 g/mol. The van der Waals surface area contributed by atoms with Crippen LogP contribution in [0.5, 0.6) is 0 Å². The highest BCUT2D eigenvalue weighted by Crippen LogP contribution is 2.28. The molecule has 0 fully saturated rings. The van der Waals surface area contributed by atoms with Crippen LogP contribution in [0.15, 0.2) is 48.5 Å². The summed E-state index contributed by atoms with van der Waals surface area (Å²) in [7, 11) is 1.49. The summed E-state index contributed by atoms with van der Waals surface area (Å²) in [6.45, 7) is 0.0655. The van der Waals surface area contributed by atoms with E-state index < -0.39 is 12.2 Å². The Morgan fingerprint density at radius 2 is 2.00 bits per heavy atom. The maximum Gasteiger partial charge on any atom is 0.407 e. The van der Waals surface area contributed by atoms with E-state index in [0.29, 0.717) is 16.1 Å². The summed E-state index contributed by atoms with van der Waals surface area (Å²) in [4.78, 5) is 11.2. The van der Waals surface area contributed by atoms with Crippen LogP contribution in [0, 0.1) is 0 Å². The number of hydrogen-bond donors (Lipinski definition) is 2. The fourth-order valence-electron chi connectivity index (χ4n) is 1.98. The van der Waals surface area contributed by atoms with Crippen LogP contribution in [0.1, 0.15) is 22.8 Å². The van der Waals surface area contributed by atoms with Gasteiger partial charge < -0.3 is 15.2 Å². The molecule has 0 aromatic heterocycles. The Morgan fingerprint density at radius 3 is 2.67 bits per heavy atom. The first kappa shape index (κ1) is 15.4. The average Bonchev–Trinajstić information content (AvgIpc) is 2.53. The molecule has 0 heterocycles. The van der Waals surface area contributed by atoms with Gasteiger partial charge >= 0.3 is 6.09 Å². The second-order valence-corrected chi connectivity index (χ2v) is 4.92. The van der Waals surface area contributed by atoms with Gasteiger partial charge in [-0.2, -0.15) is 0 Å². The summed E-state index contributed by atoms with van der Waals surface area (Å²) >= 11 is 6.01. The normalized spacial score (nSPS) is 11.8. The Balaban J connectivity index is 2.28. The molecule has 0 aliphatic rings. The highest BCUT2D eigenvalue weighted by Gasteiger charge is 2.16. The molecule has 2 aromatic carbocycles. The second kappa shape index (κ2) is 7.11. The number of halogens is 1. The summed E-state index contributed by atoms with van der Waals surface area (Å²) in [5.74, 6) is 0. The first-order valence-electron chi connectivity index (χ1n) is 6.47. The van der Waals surface area contributed by atoms with Crippen LogP contribution in [-0.2, 0) is 11.3 Å². The topological polar surface area (TPSA) is 58.6 Å². The van der Waals surface area contributed by atoms with E-state index in [0.717, 1.165) is 5.56 Å². The Kier molecular flexibility index (Phi) is 5.20. The van der Waals surface area contributed by atoms with Gasteiger partial charge in [-0.15, -0.1) is 0 Å². The van der Waals surface area contributed by atoms with Crippen LogP contribution in [0.25, 0.3) is 0 Å². The zero-order valence-corrected chi connectivity index (χ0v) is 12.3. The van der Waals surface area contributed by atoms with Gasteiger partial charge in [-0.05, 0) is 28.8 Å². The van der Waals surface area contributed by atoms with Crippen LogP contribution < -0.4 is 5.32 Å². The van der Waals surface area contributed by atoms with Crippen molar-refractivity contribution >= 4 is 17.7 Å². The SMILES string of the molecule is CNC(=O)OCc1ccc(Cl)cc1C(O)c1ccccc1. The Morgan fingerprint density at radius 1 is 1.29 bits per heavy atom. The quantitative estimate of drug-likeness (QED) is 0.911. The van der Waals surface area contributed by atoms with Crippen LogP contribution in [0.4, 0.5) is 4.79 Å². The molecule has 1 unspecified atom stereocenters. The summed E-state index contributed by atoms with van der Waals surface area (Å²) in [5.41, 5.74) is 2.08. The molecule has 0 radical (unpaired) electrons. The molecule has 1 amide bonds. The number of aliphatic hydroxyl groups is 1. The van der Waals surface area contributed by atoms with Gasteiger partial charge in [0.2, 0.25) is 0 Å². The molecule has 2 N–H and O–H groups in total. The van der Waals surface area contributed by atoms with Crippen molar-refractivity contribution in [2.45, 2.75) is 12.7 Å². The number of ether oxygens (including phenoxy) is 1. The summed E-state index contributed by atoms with van der Waals surface area (Å²) in [6.07, 6.45) is -1.35. The van der Waals surface area contributed by atoms with Gasteiger partial charge in [-0.25, -0.2) is 4.79 Å². The van der Waals surface area contributed by atoms with Gasteiger partial charge in [0.1, 0.15) is 12.7 Å². The van der Waals surface area contributed by atoms with Crippen LogP contribution >= 0.6 is 11.6 Å². The fourth-order valence-corrected chi connectivity index (χ4v) is 2.16. The van der Waals surface area contributed by atoms with Gasteiger partial charge in [0.15, 0.2) is 0 Å². The Hall–Kier alpha value is -2.04. The number of benzene rings is 2. The first-order chi connectivity index (χ1) is 10.1. The third kappa shape index (κ3) is 3.97. The van der Waals surface area contributed by atoms with Crippen LogP contribution in [-0.4, -0.2) is 18.2 Å². The molecule has 2 aromatic rings. The fraction of sp³-hybridized carbons (Fsp3) is 0.188. The highest BCUT2D eigenvalue weighted by atomic mass is 35.5. The zero-order valence-electron chi connectivity index (χ0n) is 11.5. The molecule has 0 aliphatic heterocycles. The lowest BCUT2D eigenvalue weighted by atomic mass is 9.97. The Labute approximate surface area is 128 Å². The molecule has 5 heteroatoms. The number of rotatable bonds is 4. The second-order valence-electron chi connectivity index (χ2n) is 4.48. The maximum atomic E-state index is 11.2. The van der Waals surface area contributed by atoms with E-state index in [-0.39, 0.29) is 6.61 Å². The predicted molar refractivity (Wildman–Crippen MR) is 81.2 cm³/mol. The summed E-state index contributed by atoms with van der Waals surface area (Å²) in [5, 5.41) is 13.4. The van der Waals surface area contributed by atoms with Crippen LogP contribution in [0.3, 0.4) is 0 Å². The number of amides is 1. The van der Waals surface area contributed by atoms with E-state index in [1.54, 1.807) is 18.2 Å². The van der Waals surface area contributed by atoms with Crippen molar-refractivity contribution < 1.29 is 14.6 Å². The van der Waals surface area contributed by atoms with Crippen molar-refractivity contribution in [3.05, 3.63) is 70.2 Å². The number of aliphatic hydroxyl groups excluding tert-OH is 1. The third-order valence-electron chi connectivity index (χ3n) is 3.08. The Bertz CT molecular complexity index is 616. The van der Waals surface area contributed by atoms with Crippen molar-refractivity contribution in [1.29, 1.82) is 0 Å². The molecule has 110 valence electrons. The minimum atomic E-state index is -0.826. The third-order valence-corrected chi connectivity index (χ3v) is 3.32. The van der Waals surface area contributed by atoms with Gasteiger partial charge in [0.05, 0.1) is 0 Å². The number of carbonyl (C=O) groups excluding carboxylic acids is 1. The molecule has 0 saturated heterocycles. The van der Waals surface area contributed by atoms with E-state index in [1.807, 2.05) is 30.3 Å². The van der Waals surface area contributed by atoms with Gasteiger partial charge in [-0.1, -0.05) is 48.0 Å². The minimum absolute atomic E-state index is 0.0655. The number of alkyl carbamates (subject to hydrolysis) is 1. The number of carbonyl (C=O) groups is 1. The summed E-state index contributed by atoms with van der Waals surface area (Å²) < 4.78 is 5.04. The van der Waals surface area contributed by atoms with Gasteiger partial charge in [0.25, 0.3) is 0 Å². The standard InChI is InChI=1S/C16H16ClNO3/c1-18-16(20)21-10-12-7-8-13(17)9-14(12)15(19)11-5-3-2-4-6-11/h2-9,15,19H,10H2,1H3,(H,18,20). The molecular formula is C16H16ClNO3. The van der Waals surface area contributed by atoms with Crippen molar-refractivity contribution in [2.75, 3.05) is 7.05 Å². The van der Waals surface area contributed by atoms with Crippen LogP contribution in [0.2, 0.25) is 5.02 Å². The van der Waals surface area contributed by atoms with E-state index in [4.69, 9.17) is 16.3 Å². The largest absolute Gasteiger partial charge is 0.445 e. The van der Waals surface area contributed by atoms with E-state index >= 15 is 0 Å². The highest BCUT2D eigenvalue weighted by molar-refractivity contribution is 6.30. The smallest absolute Gasteiger partial charge is 0.407 e. The monoisotopic (exact) mass is 305 g/mol. The van der Waals surface area contributed by atoms with Crippen molar-refractivity contribution in [2.24, 2.45) is 0 Å². The molecule has 0 bridgehead atoms. The molecule has 1 atom stereocenters. The number of hydrogen-bond acceptors (Lipinski definition) is 3. The molecule has 0 saturated carbocycles. The molecule has 2 rings (SSSR count). The lowest BCUT2D eigenvalue weighted by Gasteiger charge is -2.16. The van der Waals surface area contributed by atoms with Crippen molar-refractivity contribution in [3.8, 4) is 0 Å². The minimum Gasteiger partial charge on any atom is -0.445 e. The zero-order chi connectivity index (χ0) is 15.2. The molecule has 21 heavy (non-hydrogen) atoms. The van der Waals surface area contributed by atoms with E-state index in [2.05, 4.69) is 5.32 Å². The molecular weight excluding hydrogens is 290 g/mol. The van der Waals surface area contributed by atoms with Gasteiger partial charge in [0, 0.05) is 12.1 Å². The van der Waals surface area contributed by atoms with Crippen molar-refractivity contribution in [1.82, 2.24) is 5.32 Å².